The van der Waals surface area contributed by atoms with Crippen molar-refractivity contribution in [1.29, 1.82) is 0 Å². The Kier molecular flexibility index (Phi) is 37.8. The molecule has 0 saturated carbocycles. The first-order chi connectivity index (χ1) is 54.8. The van der Waals surface area contributed by atoms with Gasteiger partial charge >= 0.3 is 127 Å². The first kappa shape index (κ1) is 95.8. The van der Waals surface area contributed by atoms with Gasteiger partial charge in [0.1, 0.15) is 47.4 Å². The predicted molar refractivity (Wildman–Crippen MR) is 431 cm³/mol. The van der Waals surface area contributed by atoms with Gasteiger partial charge in [0.15, 0.2) is 43.4 Å². The number of aliphatic hydroxyl groups excluding tert-OH is 1. The standard InChI is InChI=1S/C19H19BrFN3O5S2.C18H17BrFN3O3S.2C18H15BrFN3O2S.CH2O3.2K.H/c1-3-28-19(25)15-14(6-8-29-31(2,26)27)23-17(18-22-7-9-30-18)24-16(15)12-5-4-11(21)10-13(12)20;1-2-26-18(25)14-13(5-7-24)22-16(17-21-6-8-27-17)23-15(14)11-4-3-10(20)9-12(11)19;2*1-2-25-18(24)14-13-5-7-23(13)16(17-21-6-8-26-17)22-15(14)11-4-3-10(20)9-12(11)19;2-1-4-3;;;/h4-5,7,9-10,16H,3,6,8H2,1-2H3,(H,23,24);3-4,6,8-9,15,24H,2,5,7H2,1H3,(H,22,23);2*3-4,6,8-9,15H,2,5,7H2,1H3;1,3H;;;/q;;;;;2*+1;-1/p-1. The van der Waals surface area contributed by atoms with E-state index in [-0.39, 0.29) is 192 Å². The number of carbonyl (C=O) groups excluding carboxylic acids is 5. The molecule has 0 spiro atoms. The molecule has 3 N–H and O–H groups in total. The van der Waals surface area contributed by atoms with E-state index in [0.29, 0.717) is 78.8 Å². The zero-order valence-corrected chi connectivity index (χ0v) is 79.3. The van der Waals surface area contributed by atoms with Gasteiger partial charge in [0.05, 0.1) is 61.6 Å². The molecule has 4 atom stereocenters. The van der Waals surface area contributed by atoms with Crippen molar-refractivity contribution in [2.45, 2.75) is 77.5 Å². The summed E-state index contributed by atoms with van der Waals surface area (Å²) in [7, 11) is -3.66. The number of aromatic nitrogens is 4. The third kappa shape index (κ3) is 24.1. The van der Waals surface area contributed by atoms with E-state index >= 15 is 0 Å². The molecule has 6 aliphatic heterocycles. The molecular weight excluding hydrogens is 1930 g/mol. The Morgan fingerprint density at radius 1 is 0.526 bits per heavy atom. The van der Waals surface area contributed by atoms with Gasteiger partial charge in [0, 0.05) is 132 Å². The van der Waals surface area contributed by atoms with Crippen LogP contribution in [-0.2, 0) is 62.1 Å². The average molecular weight is 2000 g/mol. The summed E-state index contributed by atoms with van der Waals surface area (Å²) in [5.41, 5.74) is 6.84. The zero-order valence-electron chi connectivity index (χ0n) is 63.6. The Labute approximate surface area is 799 Å². The van der Waals surface area contributed by atoms with Crippen molar-refractivity contribution < 1.29 is 193 Å². The van der Waals surface area contributed by atoms with Gasteiger partial charge in [-0.2, -0.15) is 8.42 Å². The van der Waals surface area contributed by atoms with E-state index in [2.05, 4.69) is 109 Å². The van der Waals surface area contributed by atoms with Crippen molar-refractivity contribution in [2.75, 3.05) is 59.0 Å². The van der Waals surface area contributed by atoms with E-state index in [9.17, 15) is 50.3 Å². The van der Waals surface area contributed by atoms with Crippen molar-refractivity contribution in [3.8, 4) is 0 Å². The van der Waals surface area contributed by atoms with Gasteiger partial charge in [-0.25, -0.2) is 56.7 Å². The van der Waals surface area contributed by atoms with Crippen molar-refractivity contribution in [3.05, 3.63) is 248 Å². The Morgan fingerprint density at radius 3 is 1.09 bits per heavy atom. The monoisotopic (exact) mass is 1990 g/mol. The van der Waals surface area contributed by atoms with Gasteiger partial charge in [-0.05, 0) is 98.5 Å². The number of aliphatic imine (C=N–C) groups is 4. The molecule has 4 aromatic heterocycles. The maximum atomic E-state index is 13.7. The Balaban J connectivity index is 0.000000211. The number of ether oxygens (including phenoxy) is 4. The molecule has 0 radical (unpaired) electrons. The Morgan fingerprint density at radius 2 is 0.828 bits per heavy atom. The van der Waals surface area contributed by atoms with Crippen LogP contribution in [0.1, 0.15) is 121 Å². The Bertz CT molecular complexity index is 5100. The molecule has 0 aliphatic carbocycles. The van der Waals surface area contributed by atoms with E-state index in [4.69, 9.17) is 43.2 Å². The summed E-state index contributed by atoms with van der Waals surface area (Å²) in [4.78, 5) is 102. The van der Waals surface area contributed by atoms with Crippen LogP contribution >= 0.6 is 109 Å². The van der Waals surface area contributed by atoms with E-state index in [0.717, 1.165) is 76.4 Å². The van der Waals surface area contributed by atoms with E-state index in [1.54, 1.807) is 76.1 Å². The van der Waals surface area contributed by atoms with Gasteiger partial charge in [-0.15, -0.1) is 45.3 Å². The second kappa shape index (κ2) is 45.8. The molecule has 0 amide bonds. The molecular formula is C74H68Br4F4K2N12O15S5. The molecule has 4 unspecified atom stereocenters. The number of nitrogens with one attached hydrogen (secondary N) is 2. The average Bonchev–Trinajstić information content (AvgIpc) is 1.58. The number of amidine groups is 4. The number of halogens is 8. The molecule has 2 saturated heterocycles. The number of carbonyl (C=O) groups is 5. The third-order valence-electron chi connectivity index (χ3n) is 16.8. The fourth-order valence-corrected chi connectivity index (χ4v) is 17.1. The van der Waals surface area contributed by atoms with Gasteiger partial charge in [-0.3, -0.25) is 28.9 Å². The molecule has 27 nitrogen and oxygen atoms in total. The van der Waals surface area contributed by atoms with Crippen molar-refractivity contribution in [1.82, 2.24) is 40.4 Å². The van der Waals surface area contributed by atoms with Crippen LogP contribution in [0.3, 0.4) is 0 Å². The molecule has 42 heteroatoms. The number of hydrogen-bond acceptors (Lipinski definition) is 31. The first-order valence-electron chi connectivity index (χ1n) is 34.4. The van der Waals surface area contributed by atoms with Crippen LogP contribution in [0.5, 0.6) is 0 Å². The maximum absolute atomic E-state index is 13.7. The number of rotatable bonds is 23. The van der Waals surface area contributed by atoms with Crippen LogP contribution in [0, 0.1) is 23.3 Å². The van der Waals surface area contributed by atoms with Crippen LogP contribution in [0.25, 0.3) is 0 Å². The molecule has 8 aromatic rings. The quantitative estimate of drug-likeness (QED) is 0.00823. The molecule has 602 valence electrons. The van der Waals surface area contributed by atoms with E-state index in [1.165, 1.54) is 99.9 Å². The SMILES string of the molecule is CCOC(=O)C1=C(CCO)NC(c2nccs2)=NC1c1ccc(F)cc1Br.CCOC(=O)C1=C(CCOS(C)(=O)=O)NC(c2nccs2)=NC1c1ccc(F)cc1Br.CCOC(=O)C1=C2CCN2C(c2nccs2)=NC1c1ccc(F)cc1Br.CCOC(=O)C1=C2CCN2C(c2nccs2)=NC1c1ccc(F)cc1Br.O=CO[O-].[H-].[K+].[K+]. The topological polar surface area (TPSA) is 350 Å². The molecule has 0 bridgehead atoms. The van der Waals surface area contributed by atoms with E-state index in [1.807, 2.05) is 25.9 Å². The van der Waals surface area contributed by atoms with Crippen molar-refractivity contribution in [2.24, 2.45) is 20.0 Å². The molecule has 116 heavy (non-hydrogen) atoms. The van der Waals surface area contributed by atoms with Crippen molar-refractivity contribution >= 4 is 173 Å². The number of fused-ring (bicyclic) bond motifs is 2. The number of benzene rings is 4. The molecule has 10 heterocycles. The van der Waals surface area contributed by atoms with E-state index < -0.39 is 57.9 Å². The third-order valence-corrected chi connectivity index (χ3v) is 23.2. The fraction of sp³-hybridized carbons (Fsp3) is 0.284. The number of thiazole rings is 4. The summed E-state index contributed by atoms with van der Waals surface area (Å²) in [5, 5.41) is 34.3. The normalized spacial score (nSPS) is 17.0. The largest absolute Gasteiger partial charge is 1.00 e. The molecule has 14 rings (SSSR count). The predicted octanol–water partition coefficient (Wildman–Crippen LogP) is 7.35. The zero-order chi connectivity index (χ0) is 81.9. The van der Waals surface area contributed by atoms with Crippen LogP contribution in [-0.4, -0.2) is 156 Å². The van der Waals surface area contributed by atoms with Crippen LogP contribution in [0.2, 0.25) is 0 Å². The van der Waals surface area contributed by atoms with Crippen LogP contribution < -0.4 is 119 Å². The summed E-state index contributed by atoms with van der Waals surface area (Å²) < 4.78 is 105. The molecule has 6 aliphatic rings. The number of aliphatic hydroxyl groups is 1. The van der Waals surface area contributed by atoms with Gasteiger partial charge in [0.2, 0.25) is 0 Å². The van der Waals surface area contributed by atoms with Crippen LogP contribution in [0.15, 0.2) is 202 Å². The first-order valence-corrected chi connectivity index (χ1v) is 42.9. The van der Waals surface area contributed by atoms with Crippen LogP contribution in [0.4, 0.5) is 17.6 Å². The summed E-state index contributed by atoms with van der Waals surface area (Å²) in [5.74, 6) is -1.08. The summed E-state index contributed by atoms with van der Waals surface area (Å²) >= 11 is 19.3. The van der Waals surface area contributed by atoms with Gasteiger partial charge < -0.3 is 56.1 Å². The smallest absolute Gasteiger partial charge is 1.00 e. The number of hydrogen-bond donors (Lipinski definition) is 3. The minimum Gasteiger partial charge on any atom is -1.00 e. The van der Waals surface area contributed by atoms with Gasteiger partial charge in [0.25, 0.3) is 16.6 Å². The minimum atomic E-state index is -3.66. The summed E-state index contributed by atoms with van der Waals surface area (Å²) in [6, 6.07) is 14.5. The molecule has 4 aromatic carbocycles. The second-order valence-corrected chi connectivity index (χ2v) is 32.5. The molecule has 2 fully saturated rings. The minimum absolute atomic E-state index is 0. The maximum Gasteiger partial charge on any atom is 1.00 e. The van der Waals surface area contributed by atoms with Crippen molar-refractivity contribution in [3.63, 3.8) is 0 Å². The number of esters is 4. The Hall–Kier alpha value is -5.67. The summed E-state index contributed by atoms with van der Waals surface area (Å²) in [6.07, 6.45) is 9.51. The summed E-state index contributed by atoms with van der Waals surface area (Å²) in [6.45, 7) is 8.90. The number of nitrogens with zero attached hydrogens (tertiary/aromatic N) is 10. The van der Waals surface area contributed by atoms with Gasteiger partial charge in [-0.1, -0.05) is 88.0 Å². The second-order valence-electron chi connectivity index (χ2n) is 23.9. The fourth-order valence-electron chi connectivity index (χ4n) is 12.0.